The highest BCUT2D eigenvalue weighted by atomic mass is 16.1. The van der Waals surface area contributed by atoms with E-state index in [0.29, 0.717) is 11.7 Å². The predicted molar refractivity (Wildman–Crippen MR) is 66.6 cm³/mol. The molecule has 1 aromatic carbocycles. The predicted octanol–water partition coefficient (Wildman–Crippen LogP) is 3.41. The molecule has 0 N–H and O–H groups in total. The van der Waals surface area contributed by atoms with E-state index >= 15 is 0 Å². The summed E-state index contributed by atoms with van der Waals surface area (Å²) in [5, 5.41) is 0. The quantitative estimate of drug-likeness (QED) is 0.717. The van der Waals surface area contributed by atoms with Gasteiger partial charge in [-0.3, -0.25) is 4.79 Å². The summed E-state index contributed by atoms with van der Waals surface area (Å²) < 4.78 is 0. The Bertz CT molecular complexity index is 450. The third kappa shape index (κ3) is 1.28. The molecule has 0 saturated heterocycles. The average molecular weight is 226 g/mol. The normalized spacial score (nSPS) is 43.1. The Morgan fingerprint density at radius 3 is 2.47 bits per heavy atom. The summed E-state index contributed by atoms with van der Waals surface area (Å²) in [7, 11) is 0. The molecule has 0 spiro atoms. The molecule has 17 heavy (non-hydrogen) atoms. The van der Waals surface area contributed by atoms with Crippen LogP contribution in [0.15, 0.2) is 30.3 Å². The van der Waals surface area contributed by atoms with E-state index in [-0.39, 0.29) is 5.92 Å². The van der Waals surface area contributed by atoms with Crippen LogP contribution in [0.4, 0.5) is 0 Å². The van der Waals surface area contributed by atoms with E-state index in [1.54, 1.807) is 0 Å². The molecule has 3 saturated carbocycles. The number of hydrogen-bond acceptors (Lipinski definition) is 1. The molecule has 0 amide bonds. The lowest BCUT2D eigenvalue weighted by Crippen LogP contribution is -2.22. The van der Waals surface area contributed by atoms with Gasteiger partial charge in [0.1, 0.15) is 5.78 Å². The second-order valence-corrected chi connectivity index (χ2v) is 6.12. The fourth-order valence-corrected chi connectivity index (χ4v) is 4.80. The van der Waals surface area contributed by atoms with E-state index in [9.17, 15) is 4.79 Å². The van der Waals surface area contributed by atoms with E-state index in [4.69, 9.17) is 0 Å². The van der Waals surface area contributed by atoms with Crippen LogP contribution in [0, 0.1) is 23.7 Å². The Labute approximate surface area is 102 Å². The summed E-state index contributed by atoms with van der Waals surface area (Å²) in [6.07, 6.45) is 5.19. The van der Waals surface area contributed by atoms with Gasteiger partial charge in [-0.1, -0.05) is 30.3 Å². The van der Waals surface area contributed by atoms with Crippen LogP contribution in [0.3, 0.4) is 0 Å². The van der Waals surface area contributed by atoms with Gasteiger partial charge in [-0.25, -0.2) is 0 Å². The second kappa shape index (κ2) is 3.44. The van der Waals surface area contributed by atoms with Crippen molar-refractivity contribution < 1.29 is 4.79 Å². The number of ketones is 1. The van der Waals surface area contributed by atoms with E-state index in [0.717, 1.165) is 24.2 Å². The maximum absolute atomic E-state index is 12.6. The van der Waals surface area contributed by atoms with E-state index in [1.165, 1.54) is 24.8 Å². The van der Waals surface area contributed by atoms with Crippen molar-refractivity contribution in [2.24, 2.45) is 23.7 Å². The number of rotatable bonds is 1. The Morgan fingerprint density at radius 2 is 1.71 bits per heavy atom. The zero-order valence-electron chi connectivity index (χ0n) is 10.0. The van der Waals surface area contributed by atoms with Crippen LogP contribution in [-0.2, 0) is 4.79 Å². The summed E-state index contributed by atoms with van der Waals surface area (Å²) in [5.74, 6) is 3.56. The first-order valence-corrected chi connectivity index (χ1v) is 6.93. The van der Waals surface area contributed by atoms with Crippen LogP contribution < -0.4 is 0 Å². The number of carbonyl (C=O) groups is 1. The fraction of sp³-hybridized carbons (Fsp3) is 0.562. The molecule has 0 aliphatic heterocycles. The molecule has 0 radical (unpaired) electrons. The highest BCUT2D eigenvalue weighted by Crippen LogP contribution is 2.60. The molecule has 3 aliphatic carbocycles. The van der Waals surface area contributed by atoms with Gasteiger partial charge in [0, 0.05) is 11.8 Å². The van der Waals surface area contributed by atoms with E-state index in [1.807, 2.05) is 6.07 Å². The van der Waals surface area contributed by atoms with Crippen LogP contribution in [0.2, 0.25) is 0 Å². The SMILES string of the molecule is O=C1[C@@H]2[C@H]3CC[C@H](C3)[C@@H]2C[C@@H]1c1ccccc1. The van der Waals surface area contributed by atoms with Crippen molar-refractivity contribution in [3.05, 3.63) is 35.9 Å². The smallest absolute Gasteiger partial charge is 0.143 e. The highest BCUT2D eigenvalue weighted by molar-refractivity contribution is 5.91. The summed E-state index contributed by atoms with van der Waals surface area (Å²) in [6, 6.07) is 10.4. The largest absolute Gasteiger partial charge is 0.299 e. The van der Waals surface area contributed by atoms with Crippen LogP contribution in [0.5, 0.6) is 0 Å². The zero-order chi connectivity index (χ0) is 11.4. The van der Waals surface area contributed by atoms with Gasteiger partial charge >= 0.3 is 0 Å². The molecule has 88 valence electrons. The van der Waals surface area contributed by atoms with Gasteiger partial charge in [0.05, 0.1) is 0 Å². The zero-order valence-corrected chi connectivity index (χ0v) is 10.0. The van der Waals surface area contributed by atoms with E-state index in [2.05, 4.69) is 24.3 Å². The molecule has 5 atom stereocenters. The minimum atomic E-state index is 0.217. The molecule has 1 nitrogen and oxygen atoms in total. The first-order chi connectivity index (χ1) is 8.34. The summed E-state index contributed by atoms with van der Waals surface area (Å²) in [5.41, 5.74) is 1.26. The fourth-order valence-electron chi connectivity index (χ4n) is 4.80. The van der Waals surface area contributed by atoms with Crippen molar-refractivity contribution in [1.29, 1.82) is 0 Å². The van der Waals surface area contributed by atoms with Gasteiger partial charge < -0.3 is 0 Å². The summed E-state index contributed by atoms with van der Waals surface area (Å²) >= 11 is 0. The first kappa shape index (κ1) is 9.87. The highest BCUT2D eigenvalue weighted by Gasteiger charge is 2.56. The number of benzene rings is 1. The number of fused-ring (bicyclic) bond motifs is 5. The first-order valence-electron chi connectivity index (χ1n) is 6.93. The van der Waals surface area contributed by atoms with Crippen molar-refractivity contribution in [1.82, 2.24) is 0 Å². The summed E-state index contributed by atoms with van der Waals surface area (Å²) in [4.78, 5) is 12.6. The van der Waals surface area contributed by atoms with Crippen LogP contribution in [-0.4, -0.2) is 5.78 Å². The monoisotopic (exact) mass is 226 g/mol. The molecule has 1 aromatic rings. The molecule has 3 fully saturated rings. The van der Waals surface area contributed by atoms with Crippen LogP contribution >= 0.6 is 0 Å². The molecule has 0 heterocycles. The topological polar surface area (TPSA) is 17.1 Å². The van der Waals surface area contributed by atoms with Crippen LogP contribution in [0.25, 0.3) is 0 Å². The average Bonchev–Trinajstić information content (AvgIpc) is 3.03. The van der Waals surface area contributed by atoms with Gasteiger partial charge in [-0.05, 0) is 49.0 Å². The van der Waals surface area contributed by atoms with Crippen molar-refractivity contribution >= 4 is 5.78 Å². The maximum atomic E-state index is 12.6. The molecule has 3 aliphatic rings. The van der Waals surface area contributed by atoms with Crippen molar-refractivity contribution in [3.8, 4) is 0 Å². The molecule has 1 heteroatoms. The van der Waals surface area contributed by atoms with Gasteiger partial charge in [0.15, 0.2) is 0 Å². The minimum absolute atomic E-state index is 0.217. The van der Waals surface area contributed by atoms with Gasteiger partial charge in [-0.15, -0.1) is 0 Å². The minimum Gasteiger partial charge on any atom is -0.299 e. The molecule has 0 aromatic heterocycles. The molecule has 2 bridgehead atoms. The van der Waals surface area contributed by atoms with Crippen LogP contribution in [0.1, 0.15) is 37.2 Å². The summed E-state index contributed by atoms with van der Waals surface area (Å²) in [6.45, 7) is 0. The lowest BCUT2D eigenvalue weighted by molar-refractivity contribution is -0.123. The van der Waals surface area contributed by atoms with Crippen molar-refractivity contribution in [2.75, 3.05) is 0 Å². The third-order valence-electron chi connectivity index (χ3n) is 5.47. The Hall–Kier alpha value is -1.11. The Balaban J connectivity index is 1.67. The lowest BCUT2D eigenvalue weighted by Gasteiger charge is -2.22. The number of hydrogen-bond donors (Lipinski definition) is 0. The molecule has 4 rings (SSSR count). The second-order valence-electron chi connectivity index (χ2n) is 6.12. The lowest BCUT2D eigenvalue weighted by atomic mass is 9.81. The molecule has 0 unspecified atom stereocenters. The number of carbonyl (C=O) groups excluding carboxylic acids is 1. The Kier molecular flexibility index (Phi) is 2.00. The third-order valence-corrected chi connectivity index (χ3v) is 5.47. The van der Waals surface area contributed by atoms with Gasteiger partial charge in [0.25, 0.3) is 0 Å². The number of Topliss-reactive ketones (excluding diaryl/α,β-unsaturated/α-hetero) is 1. The van der Waals surface area contributed by atoms with E-state index < -0.39 is 0 Å². The molecular formula is C16H18O. The van der Waals surface area contributed by atoms with Crippen molar-refractivity contribution in [2.45, 2.75) is 31.6 Å². The molecular weight excluding hydrogens is 208 g/mol. The standard InChI is InChI=1S/C16H18O/c17-16-14(10-4-2-1-3-5-10)9-13-11-6-7-12(8-11)15(13)16/h1-5,11-15H,6-9H2/t11-,12+,13+,14-,15-/m1/s1. The Morgan fingerprint density at radius 1 is 0.941 bits per heavy atom. The maximum Gasteiger partial charge on any atom is 0.143 e. The van der Waals surface area contributed by atoms with Gasteiger partial charge in [-0.2, -0.15) is 0 Å². The van der Waals surface area contributed by atoms with Crippen molar-refractivity contribution in [3.63, 3.8) is 0 Å². The van der Waals surface area contributed by atoms with Gasteiger partial charge in [0.2, 0.25) is 0 Å².